The predicted molar refractivity (Wildman–Crippen MR) is 81.7 cm³/mol. The molecular weight excluding hydrogens is 252 g/mol. The Labute approximate surface area is 122 Å². The van der Waals surface area contributed by atoms with E-state index in [1.807, 2.05) is 7.05 Å². The van der Waals surface area contributed by atoms with Gasteiger partial charge in [0.25, 0.3) is 0 Å². The summed E-state index contributed by atoms with van der Waals surface area (Å²) < 4.78 is 10.8. The zero-order chi connectivity index (χ0) is 14.5. The van der Waals surface area contributed by atoms with Crippen molar-refractivity contribution >= 4 is 0 Å². The number of hydrogen-bond acceptors (Lipinski definition) is 4. The second-order valence-electron chi connectivity index (χ2n) is 5.44. The minimum atomic E-state index is 0.601. The van der Waals surface area contributed by atoms with Gasteiger partial charge in [0.15, 0.2) is 11.5 Å². The molecule has 2 rings (SSSR count). The first-order valence-corrected chi connectivity index (χ1v) is 7.32. The van der Waals surface area contributed by atoms with Gasteiger partial charge in [-0.15, -0.1) is 0 Å². The number of nitrogens with one attached hydrogen (secondary N) is 1. The summed E-state index contributed by atoms with van der Waals surface area (Å²) in [6.45, 7) is 5.49. The van der Waals surface area contributed by atoms with E-state index in [9.17, 15) is 0 Å². The van der Waals surface area contributed by atoms with Crippen LogP contribution in [0.5, 0.6) is 11.5 Å². The number of hydrogen-bond donors (Lipinski definition) is 1. The molecule has 4 heteroatoms. The quantitative estimate of drug-likeness (QED) is 0.863. The topological polar surface area (TPSA) is 33.7 Å². The van der Waals surface area contributed by atoms with E-state index in [2.05, 4.69) is 29.3 Å². The van der Waals surface area contributed by atoms with E-state index in [-0.39, 0.29) is 0 Å². The molecule has 1 unspecified atom stereocenters. The van der Waals surface area contributed by atoms with Crippen molar-refractivity contribution < 1.29 is 9.47 Å². The van der Waals surface area contributed by atoms with Gasteiger partial charge in [0.1, 0.15) is 0 Å². The van der Waals surface area contributed by atoms with E-state index in [1.165, 1.54) is 17.5 Å². The van der Waals surface area contributed by atoms with Crippen molar-refractivity contribution in [1.29, 1.82) is 0 Å². The van der Waals surface area contributed by atoms with Gasteiger partial charge in [0.2, 0.25) is 0 Å². The van der Waals surface area contributed by atoms with E-state index in [4.69, 9.17) is 9.47 Å². The van der Waals surface area contributed by atoms with Gasteiger partial charge in [-0.05, 0) is 56.6 Å². The van der Waals surface area contributed by atoms with Gasteiger partial charge in [-0.1, -0.05) is 0 Å². The smallest absolute Gasteiger partial charge is 0.161 e. The van der Waals surface area contributed by atoms with Crippen LogP contribution in [0.15, 0.2) is 12.1 Å². The van der Waals surface area contributed by atoms with Crippen molar-refractivity contribution in [2.45, 2.75) is 32.4 Å². The summed E-state index contributed by atoms with van der Waals surface area (Å²) in [6.07, 6.45) is 2.26. The minimum absolute atomic E-state index is 0.601. The molecule has 1 aliphatic rings. The summed E-state index contributed by atoms with van der Waals surface area (Å²) in [5.74, 6) is 1.67. The maximum atomic E-state index is 5.41. The first kappa shape index (κ1) is 15.1. The summed E-state index contributed by atoms with van der Waals surface area (Å²) in [5.41, 5.74) is 2.75. The summed E-state index contributed by atoms with van der Waals surface area (Å²) in [4.78, 5) is 2.55. The van der Waals surface area contributed by atoms with Crippen LogP contribution in [0, 0.1) is 0 Å². The Morgan fingerprint density at radius 2 is 1.85 bits per heavy atom. The monoisotopic (exact) mass is 278 g/mol. The molecule has 1 aliphatic heterocycles. The van der Waals surface area contributed by atoms with Crippen LogP contribution in [0.3, 0.4) is 0 Å². The zero-order valence-electron chi connectivity index (χ0n) is 13.0. The molecule has 20 heavy (non-hydrogen) atoms. The lowest BCUT2D eigenvalue weighted by Crippen LogP contribution is -2.38. The van der Waals surface area contributed by atoms with Gasteiger partial charge in [-0.3, -0.25) is 4.90 Å². The van der Waals surface area contributed by atoms with Crippen molar-refractivity contribution in [3.05, 3.63) is 23.3 Å². The Bertz CT molecular complexity index is 448. The molecule has 4 nitrogen and oxygen atoms in total. The Kier molecular flexibility index (Phi) is 5.26. The second-order valence-corrected chi connectivity index (χ2v) is 5.44. The predicted octanol–water partition coefficient (Wildman–Crippen LogP) is 2.06. The Morgan fingerprint density at radius 1 is 1.20 bits per heavy atom. The van der Waals surface area contributed by atoms with Crippen LogP contribution in [0.25, 0.3) is 0 Å². The first-order valence-electron chi connectivity index (χ1n) is 7.32. The number of benzene rings is 1. The molecule has 0 fully saturated rings. The third-order valence-electron chi connectivity index (χ3n) is 4.18. The molecule has 0 radical (unpaired) electrons. The summed E-state index contributed by atoms with van der Waals surface area (Å²) in [5, 5.41) is 3.23. The van der Waals surface area contributed by atoms with Crippen molar-refractivity contribution in [3.63, 3.8) is 0 Å². The molecule has 0 saturated heterocycles. The second kappa shape index (κ2) is 6.95. The van der Waals surface area contributed by atoms with Crippen LogP contribution in [-0.4, -0.2) is 45.3 Å². The van der Waals surface area contributed by atoms with Gasteiger partial charge in [-0.2, -0.15) is 0 Å². The molecule has 1 aromatic carbocycles. The van der Waals surface area contributed by atoms with Crippen LogP contribution in [-0.2, 0) is 13.0 Å². The lowest BCUT2D eigenvalue weighted by molar-refractivity contribution is 0.181. The number of methoxy groups -OCH3 is 2. The maximum absolute atomic E-state index is 5.41. The Balaban J connectivity index is 2.13. The largest absolute Gasteiger partial charge is 0.493 e. The third-order valence-corrected chi connectivity index (χ3v) is 4.18. The molecule has 0 saturated carbocycles. The van der Waals surface area contributed by atoms with Gasteiger partial charge >= 0.3 is 0 Å². The Hall–Kier alpha value is -1.26. The summed E-state index contributed by atoms with van der Waals surface area (Å²) in [7, 11) is 5.40. The molecule has 0 bridgehead atoms. The summed E-state index contributed by atoms with van der Waals surface area (Å²) >= 11 is 0. The van der Waals surface area contributed by atoms with Crippen molar-refractivity contribution in [1.82, 2.24) is 10.2 Å². The fourth-order valence-corrected chi connectivity index (χ4v) is 2.82. The molecule has 1 heterocycles. The van der Waals surface area contributed by atoms with Crippen molar-refractivity contribution in [2.24, 2.45) is 0 Å². The van der Waals surface area contributed by atoms with Crippen LogP contribution in [0.2, 0.25) is 0 Å². The zero-order valence-corrected chi connectivity index (χ0v) is 13.0. The van der Waals surface area contributed by atoms with Gasteiger partial charge in [-0.25, -0.2) is 0 Å². The average Bonchev–Trinajstić information content (AvgIpc) is 2.50. The average molecular weight is 278 g/mol. The van der Waals surface area contributed by atoms with Crippen LogP contribution < -0.4 is 14.8 Å². The molecule has 0 aliphatic carbocycles. The molecular formula is C16H26N2O2. The highest BCUT2D eigenvalue weighted by molar-refractivity contribution is 5.48. The van der Waals surface area contributed by atoms with E-state index in [1.54, 1.807) is 14.2 Å². The highest BCUT2D eigenvalue weighted by atomic mass is 16.5. The lowest BCUT2D eigenvalue weighted by atomic mass is 9.97. The fraction of sp³-hybridized carbons (Fsp3) is 0.625. The normalized spacial score (nSPS) is 16.6. The van der Waals surface area contributed by atoms with E-state index in [0.29, 0.717) is 6.04 Å². The summed E-state index contributed by atoms with van der Waals surface area (Å²) in [6, 6.07) is 4.86. The highest BCUT2D eigenvalue weighted by Gasteiger charge is 2.22. The third kappa shape index (κ3) is 3.25. The highest BCUT2D eigenvalue weighted by Crippen LogP contribution is 2.33. The van der Waals surface area contributed by atoms with Gasteiger partial charge < -0.3 is 14.8 Å². The molecule has 1 atom stereocenters. The first-order chi connectivity index (χ1) is 9.69. The molecule has 112 valence electrons. The lowest BCUT2D eigenvalue weighted by Gasteiger charge is -2.34. The van der Waals surface area contributed by atoms with Crippen molar-refractivity contribution in [3.8, 4) is 11.5 Å². The number of fused-ring (bicyclic) bond motifs is 1. The number of nitrogens with zero attached hydrogens (tertiary/aromatic N) is 1. The van der Waals surface area contributed by atoms with Gasteiger partial charge in [0.05, 0.1) is 14.2 Å². The minimum Gasteiger partial charge on any atom is -0.493 e. The van der Waals surface area contributed by atoms with Crippen molar-refractivity contribution in [2.75, 3.05) is 34.4 Å². The van der Waals surface area contributed by atoms with E-state index < -0.39 is 0 Å². The van der Waals surface area contributed by atoms with Gasteiger partial charge in [0, 0.05) is 19.1 Å². The molecule has 0 spiro atoms. The molecule has 0 amide bonds. The molecule has 0 aromatic heterocycles. The fourth-order valence-electron chi connectivity index (χ4n) is 2.82. The Morgan fingerprint density at radius 3 is 2.45 bits per heavy atom. The number of ether oxygens (including phenoxy) is 2. The van der Waals surface area contributed by atoms with E-state index >= 15 is 0 Å². The van der Waals surface area contributed by atoms with Crippen LogP contribution in [0.4, 0.5) is 0 Å². The molecule has 1 N–H and O–H groups in total. The maximum Gasteiger partial charge on any atom is 0.161 e. The van der Waals surface area contributed by atoms with Crippen LogP contribution >= 0.6 is 0 Å². The standard InChI is InChI=1S/C16H26N2O2/c1-12(5-7-17-2)18-8-6-13-9-15(19-3)16(20-4)10-14(13)11-18/h9-10,12,17H,5-8,11H2,1-4H3. The van der Waals surface area contributed by atoms with Crippen LogP contribution in [0.1, 0.15) is 24.5 Å². The SMILES string of the molecule is CNCCC(C)N1CCc2cc(OC)c(OC)cc2C1. The number of rotatable bonds is 6. The molecule has 1 aromatic rings. The van der Waals surface area contributed by atoms with E-state index in [0.717, 1.165) is 37.6 Å².